The monoisotopic (exact) mass is 465 g/mol. The maximum absolute atomic E-state index is 11.1. The van der Waals surface area contributed by atoms with E-state index < -0.39 is 6.35 Å². The van der Waals surface area contributed by atoms with Gasteiger partial charge in [-0.3, -0.25) is 10.2 Å². The molecule has 2 aromatic carbocycles. The molecule has 0 spiro atoms. The van der Waals surface area contributed by atoms with E-state index in [0.29, 0.717) is 24.9 Å². The molecule has 8 nitrogen and oxygen atoms in total. The summed E-state index contributed by atoms with van der Waals surface area (Å²) in [5, 5.41) is 22.4. The van der Waals surface area contributed by atoms with Crippen molar-refractivity contribution in [2.24, 2.45) is 0 Å². The Kier molecular flexibility index (Phi) is 8.18. The molecule has 8 heteroatoms. The van der Waals surface area contributed by atoms with Gasteiger partial charge in [-0.15, -0.1) is 5.10 Å². The molecule has 2 heterocycles. The number of methoxy groups -OCH3 is 1. The summed E-state index contributed by atoms with van der Waals surface area (Å²) in [6.07, 6.45) is -0.967. The van der Waals surface area contributed by atoms with Crippen LogP contribution in [0.1, 0.15) is 24.0 Å². The molecule has 182 valence electrons. The van der Waals surface area contributed by atoms with Crippen LogP contribution in [0.2, 0.25) is 0 Å². The fourth-order valence-corrected chi connectivity index (χ4v) is 4.54. The van der Waals surface area contributed by atoms with Crippen molar-refractivity contribution in [2.45, 2.75) is 32.2 Å². The lowest BCUT2D eigenvalue weighted by molar-refractivity contribution is 0.139. The van der Waals surface area contributed by atoms with Gasteiger partial charge < -0.3 is 19.9 Å². The Morgan fingerprint density at radius 1 is 1.09 bits per heavy atom. The number of ether oxygens (including phenoxy) is 2. The summed E-state index contributed by atoms with van der Waals surface area (Å²) in [7, 11) is 1.73. The first kappa shape index (κ1) is 24.2. The highest BCUT2D eigenvalue weighted by molar-refractivity contribution is 5.55. The number of nitrogens with zero attached hydrogens (tertiary/aromatic N) is 3. The van der Waals surface area contributed by atoms with Gasteiger partial charge in [-0.05, 0) is 31.5 Å². The van der Waals surface area contributed by atoms with Gasteiger partial charge in [0.05, 0.1) is 24.5 Å². The Balaban J connectivity index is 1.53. The van der Waals surface area contributed by atoms with E-state index >= 15 is 0 Å². The third-order valence-corrected chi connectivity index (χ3v) is 6.24. The Labute approximate surface area is 201 Å². The van der Waals surface area contributed by atoms with Crippen LogP contribution < -0.4 is 15.4 Å². The molecule has 0 saturated carbocycles. The van der Waals surface area contributed by atoms with Crippen molar-refractivity contribution in [1.82, 2.24) is 20.0 Å². The minimum absolute atomic E-state index is 0.0709. The number of para-hydroxylation sites is 1. The number of likely N-dealkylation sites (tertiary alicyclic amines) is 1. The number of anilines is 1. The lowest BCUT2D eigenvalue weighted by Gasteiger charge is -2.25. The topological polar surface area (TPSA) is 83.8 Å². The van der Waals surface area contributed by atoms with Crippen LogP contribution in [0.25, 0.3) is 5.69 Å². The highest BCUT2D eigenvalue weighted by atomic mass is 16.5. The maximum Gasteiger partial charge on any atom is 0.238 e. The molecule has 0 radical (unpaired) electrons. The van der Waals surface area contributed by atoms with Crippen molar-refractivity contribution >= 4 is 5.82 Å². The minimum Gasteiger partial charge on any atom is -0.477 e. The number of aliphatic hydroxyl groups is 1. The van der Waals surface area contributed by atoms with E-state index in [1.807, 2.05) is 50.2 Å². The highest BCUT2D eigenvalue weighted by Crippen LogP contribution is 2.30. The molecular weight excluding hydrogens is 430 g/mol. The fourth-order valence-electron chi connectivity index (χ4n) is 4.54. The molecule has 1 aliphatic rings. The Bertz CT molecular complexity index is 1030. The molecule has 3 N–H and O–H groups in total. The number of hydrogen-bond acceptors (Lipinski definition) is 7. The zero-order valence-electron chi connectivity index (χ0n) is 20.1. The van der Waals surface area contributed by atoms with Gasteiger partial charge in [0.15, 0.2) is 6.35 Å². The second-order valence-corrected chi connectivity index (χ2v) is 8.55. The Morgan fingerprint density at radius 3 is 2.47 bits per heavy atom. The lowest BCUT2D eigenvalue weighted by Crippen LogP contribution is -2.46. The molecule has 1 aromatic heterocycles. The molecule has 0 amide bonds. The normalized spacial score (nSPS) is 19.3. The molecular formula is C26H35N5O3. The van der Waals surface area contributed by atoms with Gasteiger partial charge in [0.25, 0.3) is 0 Å². The van der Waals surface area contributed by atoms with E-state index in [1.165, 1.54) is 5.56 Å². The van der Waals surface area contributed by atoms with Crippen molar-refractivity contribution in [2.75, 3.05) is 45.3 Å². The van der Waals surface area contributed by atoms with Crippen LogP contribution in [-0.4, -0.2) is 72.1 Å². The van der Waals surface area contributed by atoms with Crippen molar-refractivity contribution in [3.05, 3.63) is 71.8 Å². The number of aliphatic hydroxyl groups excluding tert-OH is 1. The zero-order chi connectivity index (χ0) is 23.9. The van der Waals surface area contributed by atoms with Gasteiger partial charge in [-0.2, -0.15) is 0 Å². The van der Waals surface area contributed by atoms with Crippen LogP contribution in [0.3, 0.4) is 0 Å². The minimum atomic E-state index is -0.967. The number of hydrogen-bond donors (Lipinski definition) is 3. The van der Waals surface area contributed by atoms with E-state index in [2.05, 4.69) is 44.9 Å². The molecule has 3 aromatic rings. The molecule has 3 atom stereocenters. The van der Waals surface area contributed by atoms with Crippen LogP contribution in [0.4, 0.5) is 5.82 Å². The predicted octanol–water partition coefficient (Wildman–Crippen LogP) is 2.97. The third kappa shape index (κ3) is 5.59. The van der Waals surface area contributed by atoms with Crippen LogP contribution >= 0.6 is 0 Å². The molecule has 1 fully saturated rings. The summed E-state index contributed by atoms with van der Waals surface area (Å²) in [6.45, 7) is 7.68. The van der Waals surface area contributed by atoms with Crippen molar-refractivity contribution in [1.29, 1.82) is 0 Å². The van der Waals surface area contributed by atoms with Gasteiger partial charge in [0, 0.05) is 38.7 Å². The van der Waals surface area contributed by atoms with Crippen LogP contribution in [0.5, 0.6) is 5.88 Å². The molecule has 0 bridgehead atoms. The third-order valence-electron chi connectivity index (χ3n) is 6.24. The van der Waals surface area contributed by atoms with Crippen molar-refractivity contribution < 1.29 is 14.6 Å². The van der Waals surface area contributed by atoms with Gasteiger partial charge >= 0.3 is 0 Å². The number of rotatable bonds is 11. The average Bonchev–Trinajstić information content (AvgIpc) is 3.40. The zero-order valence-corrected chi connectivity index (χ0v) is 20.1. The summed E-state index contributed by atoms with van der Waals surface area (Å²) < 4.78 is 12.8. The molecule has 1 saturated heterocycles. The molecule has 34 heavy (non-hydrogen) atoms. The van der Waals surface area contributed by atoms with E-state index in [4.69, 9.17) is 9.47 Å². The highest BCUT2D eigenvalue weighted by Gasteiger charge is 2.34. The van der Waals surface area contributed by atoms with Gasteiger partial charge in [-0.1, -0.05) is 48.5 Å². The summed E-state index contributed by atoms with van der Waals surface area (Å²) in [4.78, 5) is 2.37. The smallest absolute Gasteiger partial charge is 0.238 e. The molecule has 2 unspecified atom stereocenters. The maximum atomic E-state index is 11.1. The lowest BCUT2D eigenvalue weighted by atomic mass is 9.94. The van der Waals surface area contributed by atoms with Crippen LogP contribution in [-0.2, 0) is 4.74 Å². The Morgan fingerprint density at radius 2 is 1.79 bits per heavy atom. The van der Waals surface area contributed by atoms with Crippen LogP contribution in [0.15, 0.2) is 60.7 Å². The SMILES string of the molecule is CCOc1nn(-c2ccccc2)c(NC(O)N[C@@H]2CN(CCOC)CC2c2ccccc2)c1C. The number of aromatic nitrogens is 2. The van der Waals surface area contributed by atoms with E-state index in [0.717, 1.165) is 30.9 Å². The summed E-state index contributed by atoms with van der Waals surface area (Å²) in [6, 6.07) is 20.4. The number of nitrogens with one attached hydrogen (secondary N) is 2. The van der Waals surface area contributed by atoms with Gasteiger partial charge in [0.1, 0.15) is 5.82 Å². The largest absolute Gasteiger partial charge is 0.477 e. The Hall–Kier alpha value is -2.91. The van der Waals surface area contributed by atoms with Crippen molar-refractivity contribution in [3.63, 3.8) is 0 Å². The first-order valence-corrected chi connectivity index (χ1v) is 11.9. The standard InChI is InChI=1S/C26H35N5O3/c1-4-34-25-19(2)24(31(29-25)21-13-9-6-10-14-21)28-26(32)27-23-18-30(15-16-33-3)17-22(23)20-11-7-5-8-12-20/h5-14,22-23,26-28,32H,4,15-18H2,1-3H3/t22?,23-,26?/m1/s1. The predicted molar refractivity (Wildman–Crippen MR) is 134 cm³/mol. The quantitative estimate of drug-likeness (QED) is 0.376. The second-order valence-electron chi connectivity index (χ2n) is 8.55. The van der Waals surface area contributed by atoms with E-state index in [-0.39, 0.29) is 12.0 Å². The molecule has 1 aliphatic heterocycles. The first-order valence-electron chi connectivity index (χ1n) is 11.9. The number of benzene rings is 2. The average molecular weight is 466 g/mol. The molecule has 0 aliphatic carbocycles. The summed E-state index contributed by atoms with van der Waals surface area (Å²) in [5.74, 6) is 1.50. The fraction of sp³-hybridized carbons (Fsp3) is 0.423. The second kappa shape index (κ2) is 11.5. The summed E-state index contributed by atoms with van der Waals surface area (Å²) >= 11 is 0. The van der Waals surface area contributed by atoms with E-state index in [9.17, 15) is 5.11 Å². The van der Waals surface area contributed by atoms with Gasteiger partial charge in [0.2, 0.25) is 5.88 Å². The molecule has 4 rings (SSSR count). The van der Waals surface area contributed by atoms with Gasteiger partial charge in [-0.25, -0.2) is 4.68 Å². The summed E-state index contributed by atoms with van der Waals surface area (Å²) in [5.41, 5.74) is 3.00. The first-order chi connectivity index (χ1) is 16.6. The van der Waals surface area contributed by atoms with E-state index in [1.54, 1.807) is 11.8 Å². The van der Waals surface area contributed by atoms with Crippen molar-refractivity contribution in [3.8, 4) is 11.6 Å². The van der Waals surface area contributed by atoms with Crippen LogP contribution in [0, 0.1) is 6.92 Å².